The second-order valence-corrected chi connectivity index (χ2v) is 7.09. The van der Waals surface area contributed by atoms with Crippen LogP contribution in [-0.2, 0) is 0 Å². The molecule has 0 aliphatic rings. The first-order valence-corrected chi connectivity index (χ1v) is 9.59. The van der Waals surface area contributed by atoms with Crippen molar-refractivity contribution < 1.29 is 4.79 Å². The number of aromatic nitrogens is 3. The molecule has 0 spiro atoms. The maximum Gasteiger partial charge on any atom is 0.257 e. The average Bonchev–Trinajstić information content (AvgIpc) is 3.18. The van der Waals surface area contributed by atoms with Crippen molar-refractivity contribution in [2.24, 2.45) is 0 Å². The highest BCUT2D eigenvalue weighted by Gasteiger charge is 2.10. The molecule has 0 saturated carbocycles. The molecule has 138 valence electrons. The third kappa shape index (κ3) is 4.33. The van der Waals surface area contributed by atoms with Gasteiger partial charge in [-0.05, 0) is 42.5 Å². The Morgan fingerprint density at radius 2 is 1.79 bits per heavy atom. The number of amides is 1. The molecule has 0 atom stereocenters. The van der Waals surface area contributed by atoms with Crippen molar-refractivity contribution in [2.75, 3.05) is 10.6 Å². The van der Waals surface area contributed by atoms with Gasteiger partial charge in [-0.25, -0.2) is 15.0 Å². The Morgan fingerprint density at radius 3 is 2.50 bits per heavy atom. The predicted molar refractivity (Wildman–Crippen MR) is 112 cm³/mol. The fraction of sp³-hybridized carbons (Fsp3) is 0. The minimum atomic E-state index is -0.217. The summed E-state index contributed by atoms with van der Waals surface area (Å²) in [6.45, 7) is 0. The summed E-state index contributed by atoms with van der Waals surface area (Å²) in [6, 6.07) is 16.3. The lowest BCUT2D eigenvalue weighted by molar-refractivity contribution is 0.102. The molecule has 2 N–H and O–H groups in total. The highest BCUT2D eigenvalue weighted by atomic mass is 35.5. The van der Waals surface area contributed by atoms with Crippen LogP contribution >= 0.6 is 22.9 Å². The van der Waals surface area contributed by atoms with Crippen molar-refractivity contribution in [3.63, 3.8) is 0 Å². The van der Waals surface area contributed by atoms with Crippen LogP contribution in [0.3, 0.4) is 0 Å². The molecule has 1 amide bonds. The van der Waals surface area contributed by atoms with Crippen LogP contribution in [0.4, 0.5) is 16.6 Å². The smallest absolute Gasteiger partial charge is 0.257 e. The van der Waals surface area contributed by atoms with Crippen molar-refractivity contribution >= 4 is 45.5 Å². The molecule has 0 aliphatic carbocycles. The summed E-state index contributed by atoms with van der Waals surface area (Å²) in [6.07, 6.45) is 3.12. The Morgan fingerprint density at radius 1 is 1.00 bits per heavy atom. The van der Waals surface area contributed by atoms with Crippen LogP contribution in [0.1, 0.15) is 10.4 Å². The van der Waals surface area contributed by atoms with Gasteiger partial charge in [0.15, 0.2) is 5.13 Å². The first kappa shape index (κ1) is 18.1. The first-order valence-electron chi connectivity index (χ1n) is 8.33. The zero-order valence-electron chi connectivity index (χ0n) is 14.5. The lowest BCUT2D eigenvalue weighted by Crippen LogP contribution is -2.11. The largest absolute Gasteiger partial charge is 0.340 e. The molecule has 4 aromatic rings. The van der Waals surface area contributed by atoms with E-state index < -0.39 is 0 Å². The first-order chi connectivity index (χ1) is 13.7. The molecule has 0 fully saturated rings. The summed E-state index contributed by atoms with van der Waals surface area (Å²) in [5.74, 6) is 0.468. The molecule has 2 aromatic carbocycles. The Balaban J connectivity index is 1.42. The lowest BCUT2D eigenvalue weighted by atomic mass is 10.2. The molecule has 0 aliphatic heterocycles. The van der Waals surface area contributed by atoms with Crippen molar-refractivity contribution in [3.05, 3.63) is 83.1 Å². The van der Waals surface area contributed by atoms with Gasteiger partial charge in [0.25, 0.3) is 5.91 Å². The Hall–Kier alpha value is -3.29. The van der Waals surface area contributed by atoms with Gasteiger partial charge < -0.3 is 5.32 Å². The van der Waals surface area contributed by atoms with Crippen molar-refractivity contribution in [3.8, 4) is 11.3 Å². The minimum Gasteiger partial charge on any atom is -0.340 e. The number of anilines is 3. The van der Waals surface area contributed by atoms with Crippen molar-refractivity contribution in [1.29, 1.82) is 0 Å². The molecule has 2 aromatic heterocycles. The van der Waals surface area contributed by atoms with E-state index in [0.29, 0.717) is 21.5 Å². The summed E-state index contributed by atoms with van der Waals surface area (Å²) in [5, 5.41) is 9.08. The molecule has 2 heterocycles. The van der Waals surface area contributed by atoms with E-state index in [4.69, 9.17) is 11.6 Å². The van der Waals surface area contributed by atoms with Crippen molar-refractivity contribution in [2.45, 2.75) is 0 Å². The van der Waals surface area contributed by atoms with E-state index in [0.717, 1.165) is 16.9 Å². The van der Waals surface area contributed by atoms with Crippen LogP contribution in [0, 0.1) is 0 Å². The van der Waals surface area contributed by atoms with Gasteiger partial charge in [-0.3, -0.25) is 10.1 Å². The molecule has 8 heteroatoms. The third-order valence-electron chi connectivity index (χ3n) is 3.87. The average molecular weight is 408 g/mol. The summed E-state index contributed by atoms with van der Waals surface area (Å²) in [7, 11) is 0. The number of benzene rings is 2. The fourth-order valence-electron chi connectivity index (χ4n) is 2.47. The molecule has 6 nitrogen and oxygen atoms in total. The molecule has 0 bridgehead atoms. The summed E-state index contributed by atoms with van der Waals surface area (Å²) < 4.78 is 0. The Bertz CT molecular complexity index is 1080. The SMILES string of the molecule is O=C(Nc1nc(-c2ccc(Cl)cc2)cs1)c1ccc(Nc2ccncn2)cc1. The second kappa shape index (κ2) is 8.16. The number of hydrogen-bond donors (Lipinski definition) is 2. The number of nitrogens with zero attached hydrogens (tertiary/aromatic N) is 3. The zero-order chi connectivity index (χ0) is 19.3. The van der Waals surface area contributed by atoms with Gasteiger partial charge in [-0.15, -0.1) is 11.3 Å². The quantitative estimate of drug-likeness (QED) is 0.472. The summed E-state index contributed by atoms with van der Waals surface area (Å²) >= 11 is 7.29. The molecule has 0 radical (unpaired) electrons. The normalized spacial score (nSPS) is 10.5. The van der Waals surface area contributed by atoms with Gasteiger partial charge in [0.2, 0.25) is 0 Å². The van der Waals surface area contributed by atoms with Gasteiger partial charge in [-0.1, -0.05) is 23.7 Å². The molecule has 4 rings (SSSR count). The topological polar surface area (TPSA) is 79.8 Å². The van der Waals surface area contributed by atoms with Crippen LogP contribution in [0.15, 0.2) is 72.5 Å². The van der Waals surface area contributed by atoms with E-state index in [9.17, 15) is 4.79 Å². The van der Waals surface area contributed by atoms with E-state index in [1.54, 1.807) is 24.4 Å². The maximum atomic E-state index is 12.5. The van der Waals surface area contributed by atoms with Gasteiger partial charge in [0.05, 0.1) is 5.69 Å². The fourth-order valence-corrected chi connectivity index (χ4v) is 3.31. The van der Waals surface area contributed by atoms with E-state index in [2.05, 4.69) is 25.6 Å². The number of rotatable bonds is 5. The van der Waals surface area contributed by atoms with Gasteiger partial charge in [0, 0.05) is 33.4 Å². The van der Waals surface area contributed by atoms with E-state index in [-0.39, 0.29) is 5.91 Å². The van der Waals surface area contributed by atoms with E-state index >= 15 is 0 Å². The Kier molecular flexibility index (Phi) is 5.27. The predicted octanol–water partition coefficient (Wildman–Crippen LogP) is 5.25. The number of carbonyl (C=O) groups is 1. The zero-order valence-corrected chi connectivity index (χ0v) is 16.0. The maximum absolute atomic E-state index is 12.5. The monoisotopic (exact) mass is 407 g/mol. The standard InChI is InChI=1S/C20H14ClN5OS/c21-15-5-1-13(2-6-15)17-11-28-20(25-17)26-19(27)14-3-7-16(8-4-14)24-18-9-10-22-12-23-18/h1-12H,(H,22,23,24)(H,25,26,27). The third-order valence-corrected chi connectivity index (χ3v) is 4.88. The van der Waals surface area contributed by atoms with Crippen LogP contribution in [0.5, 0.6) is 0 Å². The number of hydrogen-bond acceptors (Lipinski definition) is 6. The second-order valence-electron chi connectivity index (χ2n) is 5.80. The van der Waals surface area contributed by atoms with Crippen LogP contribution in [0.25, 0.3) is 11.3 Å². The minimum absolute atomic E-state index is 0.217. The number of thiazole rings is 1. The molecule has 0 unspecified atom stereocenters. The lowest BCUT2D eigenvalue weighted by Gasteiger charge is -2.06. The number of halogens is 1. The highest BCUT2D eigenvalue weighted by Crippen LogP contribution is 2.26. The molecular weight excluding hydrogens is 394 g/mol. The number of carbonyl (C=O) groups excluding carboxylic acids is 1. The van der Waals surface area contributed by atoms with Gasteiger partial charge in [0.1, 0.15) is 12.1 Å². The number of nitrogens with one attached hydrogen (secondary N) is 2. The summed E-state index contributed by atoms with van der Waals surface area (Å²) in [5.41, 5.74) is 3.11. The highest BCUT2D eigenvalue weighted by molar-refractivity contribution is 7.14. The van der Waals surface area contributed by atoms with E-state index in [1.807, 2.05) is 41.8 Å². The van der Waals surface area contributed by atoms with Gasteiger partial charge in [-0.2, -0.15) is 0 Å². The van der Waals surface area contributed by atoms with Crippen molar-refractivity contribution in [1.82, 2.24) is 15.0 Å². The Labute approximate surface area is 170 Å². The van der Waals surface area contributed by atoms with Crippen LogP contribution in [0.2, 0.25) is 5.02 Å². The molecular formula is C20H14ClN5OS. The van der Waals surface area contributed by atoms with Crippen LogP contribution in [-0.4, -0.2) is 20.9 Å². The van der Waals surface area contributed by atoms with Crippen LogP contribution < -0.4 is 10.6 Å². The molecule has 28 heavy (non-hydrogen) atoms. The van der Waals surface area contributed by atoms with E-state index in [1.165, 1.54) is 17.7 Å². The summed E-state index contributed by atoms with van der Waals surface area (Å²) in [4.78, 5) is 24.9. The molecule has 0 saturated heterocycles. The van der Waals surface area contributed by atoms with Gasteiger partial charge >= 0.3 is 0 Å².